The van der Waals surface area contributed by atoms with Gasteiger partial charge in [0.25, 0.3) is 0 Å². The molecule has 1 aromatic carbocycles. The Morgan fingerprint density at radius 3 is 2.85 bits per heavy atom. The van der Waals surface area contributed by atoms with E-state index in [2.05, 4.69) is 15.2 Å². The van der Waals surface area contributed by atoms with E-state index in [0.717, 1.165) is 68.6 Å². The van der Waals surface area contributed by atoms with E-state index in [4.69, 9.17) is 26.8 Å². The van der Waals surface area contributed by atoms with E-state index >= 15 is 0 Å². The van der Waals surface area contributed by atoms with Gasteiger partial charge in [-0.05, 0) is 43.7 Å². The monoisotopic (exact) mass is 496 g/mol. The van der Waals surface area contributed by atoms with Crippen molar-refractivity contribution in [3.05, 3.63) is 28.8 Å². The van der Waals surface area contributed by atoms with Crippen LogP contribution in [-0.4, -0.2) is 63.4 Å². The van der Waals surface area contributed by atoms with Gasteiger partial charge in [0.2, 0.25) is 0 Å². The molecule has 26 heavy (non-hydrogen) atoms. The fourth-order valence-electron chi connectivity index (χ4n) is 2.62. The molecule has 0 atom stereocenters. The van der Waals surface area contributed by atoms with Crippen LogP contribution in [0.2, 0.25) is 5.02 Å². The molecule has 2 rings (SSSR count). The Labute approximate surface area is 178 Å². The number of guanidine groups is 1. The molecule has 1 aliphatic rings. The molecule has 148 valence electrons. The van der Waals surface area contributed by atoms with Gasteiger partial charge in [-0.15, -0.1) is 24.0 Å². The highest BCUT2D eigenvalue weighted by Gasteiger charge is 2.08. The molecule has 3 N–H and O–H groups in total. The van der Waals surface area contributed by atoms with Crippen LogP contribution in [0.5, 0.6) is 5.75 Å². The number of ether oxygens (including phenoxy) is 2. The number of nitrogens with zero attached hydrogens (tertiary/aromatic N) is 2. The Morgan fingerprint density at radius 2 is 2.12 bits per heavy atom. The van der Waals surface area contributed by atoms with Crippen LogP contribution in [0.3, 0.4) is 0 Å². The van der Waals surface area contributed by atoms with E-state index in [1.165, 1.54) is 0 Å². The van der Waals surface area contributed by atoms with Gasteiger partial charge in [0, 0.05) is 37.6 Å². The third-order valence-corrected chi connectivity index (χ3v) is 4.28. The van der Waals surface area contributed by atoms with Crippen LogP contribution in [-0.2, 0) is 4.74 Å². The summed E-state index contributed by atoms with van der Waals surface area (Å²) in [5, 5.41) is 3.88. The van der Waals surface area contributed by atoms with Gasteiger partial charge >= 0.3 is 0 Å². The Kier molecular flexibility index (Phi) is 12.0. The third-order valence-electron chi connectivity index (χ3n) is 4.04. The first-order valence-electron chi connectivity index (χ1n) is 8.88. The molecule has 1 aliphatic heterocycles. The fraction of sp³-hybridized carbons (Fsp3) is 0.611. The summed E-state index contributed by atoms with van der Waals surface area (Å²) in [4.78, 5) is 6.74. The topological polar surface area (TPSA) is 72.1 Å². The number of benzene rings is 1. The van der Waals surface area contributed by atoms with Crippen LogP contribution in [0.1, 0.15) is 18.4 Å². The smallest absolute Gasteiger partial charge is 0.188 e. The van der Waals surface area contributed by atoms with E-state index in [1.54, 1.807) is 0 Å². The summed E-state index contributed by atoms with van der Waals surface area (Å²) in [6.45, 7) is 8.88. The molecule has 0 saturated carbocycles. The maximum atomic E-state index is 5.93. The molecular formula is C18H30ClIN4O2. The largest absolute Gasteiger partial charge is 0.493 e. The second-order valence-electron chi connectivity index (χ2n) is 6.11. The molecule has 8 heteroatoms. The maximum absolute atomic E-state index is 5.93. The van der Waals surface area contributed by atoms with Gasteiger partial charge in [0.05, 0.1) is 19.8 Å². The van der Waals surface area contributed by atoms with Crippen molar-refractivity contribution in [1.82, 2.24) is 10.2 Å². The van der Waals surface area contributed by atoms with Crippen LogP contribution in [0.15, 0.2) is 23.2 Å². The van der Waals surface area contributed by atoms with Crippen molar-refractivity contribution in [3.63, 3.8) is 0 Å². The standard InChI is InChI=1S/C18H29ClN4O2.HI/c1-15-14-16(19)4-5-17(15)25-11-3-7-22-18(20)21-6-2-8-23-9-12-24-13-10-23;/h4-5,14H,2-3,6-13H2,1H3,(H3,20,21,22);1H. The lowest BCUT2D eigenvalue weighted by Gasteiger charge is -2.26. The number of halogens is 2. The highest BCUT2D eigenvalue weighted by molar-refractivity contribution is 14.0. The summed E-state index contributed by atoms with van der Waals surface area (Å²) in [6, 6.07) is 5.63. The molecule has 1 fully saturated rings. The quantitative estimate of drug-likeness (QED) is 0.238. The molecule has 0 radical (unpaired) electrons. The van der Waals surface area contributed by atoms with Gasteiger partial charge in [-0.2, -0.15) is 0 Å². The van der Waals surface area contributed by atoms with Gasteiger partial charge in [0.1, 0.15) is 5.75 Å². The average molecular weight is 497 g/mol. The van der Waals surface area contributed by atoms with Crippen molar-refractivity contribution in [2.24, 2.45) is 10.7 Å². The van der Waals surface area contributed by atoms with E-state index < -0.39 is 0 Å². The predicted molar refractivity (Wildman–Crippen MR) is 118 cm³/mol. The van der Waals surface area contributed by atoms with E-state index in [1.807, 2.05) is 25.1 Å². The number of hydrogen-bond donors (Lipinski definition) is 2. The molecule has 0 spiro atoms. The summed E-state index contributed by atoms with van der Waals surface area (Å²) < 4.78 is 11.1. The molecule has 0 amide bonds. The first-order chi connectivity index (χ1) is 12.1. The number of aliphatic imine (C=N–C) groups is 1. The Morgan fingerprint density at radius 1 is 1.35 bits per heavy atom. The van der Waals surface area contributed by atoms with Crippen molar-refractivity contribution in [1.29, 1.82) is 0 Å². The van der Waals surface area contributed by atoms with Gasteiger partial charge < -0.3 is 20.5 Å². The van der Waals surface area contributed by atoms with Gasteiger partial charge in [-0.3, -0.25) is 9.89 Å². The van der Waals surface area contributed by atoms with Crippen LogP contribution in [0.4, 0.5) is 0 Å². The average Bonchev–Trinajstić information content (AvgIpc) is 2.61. The lowest BCUT2D eigenvalue weighted by Crippen LogP contribution is -2.39. The van der Waals surface area contributed by atoms with E-state index in [0.29, 0.717) is 19.1 Å². The second-order valence-corrected chi connectivity index (χ2v) is 6.55. The van der Waals surface area contributed by atoms with Crippen molar-refractivity contribution in [2.45, 2.75) is 19.8 Å². The normalized spacial score (nSPS) is 15.4. The van der Waals surface area contributed by atoms with Gasteiger partial charge in [-0.1, -0.05) is 11.6 Å². The minimum atomic E-state index is 0. The highest BCUT2D eigenvalue weighted by Crippen LogP contribution is 2.21. The lowest BCUT2D eigenvalue weighted by molar-refractivity contribution is 0.0376. The van der Waals surface area contributed by atoms with Crippen molar-refractivity contribution in [3.8, 4) is 5.75 Å². The molecule has 1 saturated heterocycles. The lowest BCUT2D eigenvalue weighted by atomic mass is 10.2. The zero-order chi connectivity index (χ0) is 17.9. The molecular weight excluding hydrogens is 467 g/mol. The van der Waals surface area contributed by atoms with Crippen molar-refractivity contribution >= 4 is 41.5 Å². The van der Waals surface area contributed by atoms with E-state index in [9.17, 15) is 0 Å². The molecule has 0 aliphatic carbocycles. The Bertz CT molecular complexity index is 554. The summed E-state index contributed by atoms with van der Waals surface area (Å²) >= 11 is 5.93. The SMILES string of the molecule is Cc1cc(Cl)ccc1OCCCN=C(N)NCCCN1CCOCC1.I. The zero-order valence-electron chi connectivity index (χ0n) is 15.4. The predicted octanol–water partition coefficient (Wildman–Crippen LogP) is 2.66. The van der Waals surface area contributed by atoms with Crippen molar-refractivity contribution in [2.75, 3.05) is 52.5 Å². The van der Waals surface area contributed by atoms with Gasteiger partial charge in [-0.25, -0.2) is 0 Å². The molecule has 1 aromatic rings. The highest BCUT2D eigenvalue weighted by atomic mass is 127. The van der Waals surface area contributed by atoms with E-state index in [-0.39, 0.29) is 24.0 Å². The third kappa shape index (κ3) is 9.25. The fourth-order valence-corrected chi connectivity index (χ4v) is 2.85. The number of nitrogens with two attached hydrogens (primary N) is 1. The van der Waals surface area contributed by atoms with Crippen LogP contribution in [0, 0.1) is 6.92 Å². The second kappa shape index (κ2) is 13.4. The number of nitrogens with one attached hydrogen (secondary N) is 1. The number of hydrogen-bond acceptors (Lipinski definition) is 4. The number of rotatable bonds is 9. The minimum absolute atomic E-state index is 0. The molecule has 0 unspecified atom stereocenters. The van der Waals surface area contributed by atoms with Crippen LogP contribution >= 0.6 is 35.6 Å². The molecule has 6 nitrogen and oxygen atoms in total. The molecule has 0 aromatic heterocycles. The zero-order valence-corrected chi connectivity index (χ0v) is 18.5. The summed E-state index contributed by atoms with van der Waals surface area (Å²) in [6.07, 6.45) is 1.87. The summed E-state index contributed by atoms with van der Waals surface area (Å²) in [5.74, 6) is 1.37. The van der Waals surface area contributed by atoms with Gasteiger partial charge in [0.15, 0.2) is 5.96 Å². The van der Waals surface area contributed by atoms with Crippen LogP contribution < -0.4 is 15.8 Å². The van der Waals surface area contributed by atoms with Crippen molar-refractivity contribution < 1.29 is 9.47 Å². The minimum Gasteiger partial charge on any atom is -0.493 e. The first-order valence-corrected chi connectivity index (χ1v) is 9.26. The summed E-state index contributed by atoms with van der Waals surface area (Å²) in [7, 11) is 0. The maximum Gasteiger partial charge on any atom is 0.188 e. The first kappa shape index (κ1) is 23.3. The molecule has 1 heterocycles. The number of aryl methyl sites for hydroxylation is 1. The molecule has 0 bridgehead atoms. The van der Waals surface area contributed by atoms with Crippen LogP contribution in [0.25, 0.3) is 0 Å². The number of morpholine rings is 1. The Balaban J connectivity index is 0.00000338. The Hall–Kier alpha value is -0.770. The summed E-state index contributed by atoms with van der Waals surface area (Å²) in [5.41, 5.74) is 6.92.